The van der Waals surface area contributed by atoms with E-state index in [1.54, 1.807) is 43.8 Å². The number of halogens is 1. The van der Waals surface area contributed by atoms with E-state index in [0.717, 1.165) is 30.0 Å². The van der Waals surface area contributed by atoms with Crippen LogP contribution in [0.5, 0.6) is 11.5 Å². The Morgan fingerprint density at radius 2 is 1.76 bits per heavy atom. The number of rotatable bonds is 5. The molecule has 29 heavy (non-hydrogen) atoms. The van der Waals surface area contributed by atoms with Crippen LogP contribution in [0.15, 0.2) is 42.5 Å². The fraction of sp³-hybridized carbons (Fsp3) is 0.318. The number of methoxy groups -OCH3 is 2. The number of nitrogens with zero attached hydrogens (tertiary/aromatic N) is 2. The van der Waals surface area contributed by atoms with Crippen molar-refractivity contribution in [1.29, 1.82) is 0 Å². The maximum Gasteiger partial charge on any atom is 0.254 e. The second kappa shape index (κ2) is 8.61. The van der Waals surface area contributed by atoms with Gasteiger partial charge < -0.3 is 14.4 Å². The fourth-order valence-electron chi connectivity index (χ4n) is 3.63. The third-order valence-electron chi connectivity index (χ3n) is 5.26. The molecule has 4 rings (SSSR count). The van der Waals surface area contributed by atoms with Crippen LogP contribution < -0.4 is 9.47 Å². The van der Waals surface area contributed by atoms with Gasteiger partial charge in [-0.25, -0.2) is 0 Å². The van der Waals surface area contributed by atoms with Crippen molar-refractivity contribution in [2.45, 2.75) is 6.54 Å². The van der Waals surface area contributed by atoms with Crippen LogP contribution in [0.3, 0.4) is 0 Å². The fourth-order valence-corrected chi connectivity index (χ4v) is 5.17. The Bertz CT molecular complexity index is 1030. The minimum Gasteiger partial charge on any atom is -0.493 e. The first-order valence-corrected chi connectivity index (χ1v) is 10.7. The molecule has 0 atom stereocenters. The summed E-state index contributed by atoms with van der Waals surface area (Å²) < 4.78 is 11.8. The molecule has 2 heterocycles. The molecule has 2 aromatic carbocycles. The Hall–Kier alpha value is -2.28. The average Bonchev–Trinajstić information content (AvgIpc) is 3.08. The van der Waals surface area contributed by atoms with Gasteiger partial charge in [0.05, 0.1) is 19.2 Å². The number of ether oxygens (including phenoxy) is 2. The highest BCUT2D eigenvalue weighted by atomic mass is 35.5. The lowest BCUT2D eigenvalue weighted by atomic mass is 10.1. The molecule has 1 aliphatic heterocycles. The predicted octanol–water partition coefficient (Wildman–Crippen LogP) is 4.53. The van der Waals surface area contributed by atoms with Crippen molar-refractivity contribution < 1.29 is 14.3 Å². The van der Waals surface area contributed by atoms with Crippen molar-refractivity contribution in [1.82, 2.24) is 9.80 Å². The molecule has 0 unspecified atom stereocenters. The van der Waals surface area contributed by atoms with Crippen molar-refractivity contribution in [2.24, 2.45) is 0 Å². The van der Waals surface area contributed by atoms with Crippen LogP contribution >= 0.6 is 22.9 Å². The Morgan fingerprint density at radius 1 is 1.03 bits per heavy atom. The highest BCUT2D eigenvalue weighted by Crippen LogP contribution is 2.36. The highest BCUT2D eigenvalue weighted by Gasteiger charge is 2.24. The number of fused-ring (bicyclic) bond motifs is 1. The molecule has 1 saturated heterocycles. The number of thiophene rings is 1. The Kier molecular flexibility index (Phi) is 5.94. The summed E-state index contributed by atoms with van der Waals surface area (Å²) in [6.07, 6.45) is 0. The van der Waals surface area contributed by atoms with Gasteiger partial charge in [0, 0.05) is 53.3 Å². The Balaban J connectivity index is 1.40. The Labute approximate surface area is 179 Å². The van der Waals surface area contributed by atoms with E-state index >= 15 is 0 Å². The van der Waals surface area contributed by atoms with Crippen molar-refractivity contribution in [3.8, 4) is 11.5 Å². The smallest absolute Gasteiger partial charge is 0.254 e. The van der Waals surface area contributed by atoms with Crippen LogP contribution in [0, 0.1) is 0 Å². The number of carbonyl (C=O) groups excluding carboxylic acids is 1. The highest BCUT2D eigenvalue weighted by molar-refractivity contribution is 7.19. The van der Waals surface area contributed by atoms with E-state index in [2.05, 4.69) is 17.0 Å². The van der Waals surface area contributed by atoms with E-state index in [9.17, 15) is 4.79 Å². The zero-order valence-electron chi connectivity index (χ0n) is 16.5. The monoisotopic (exact) mass is 430 g/mol. The molecule has 152 valence electrons. The normalized spacial score (nSPS) is 14.9. The number of carbonyl (C=O) groups is 1. The minimum absolute atomic E-state index is 0.0190. The van der Waals surface area contributed by atoms with Crippen LogP contribution in [-0.4, -0.2) is 56.1 Å². The standard InChI is InChI=1S/C22H23ClN2O3S/c1-27-17-8-7-15(13-18(17)28-2)22(26)25-11-9-24(10-12-25)14-20-21(23)16-5-3-4-6-19(16)29-20/h3-8,13H,9-12,14H2,1-2H3. The molecule has 0 radical (unpaired) electrons. The first-order valence-electron chi connectivity index (χ1n) is 9.50. The van der Waals surface area contributed by atoms with E-state index in [-0.39, 0.29) is 5.91 Å². The van der Waals surface area contributed by atoms with E-state index in [1.807, 2.05) is 17.0 Å². The summed E-state index contributed by atoms with van der Waals surface area (Å²) in [5, 5.41) is 1.98. The topological polar surface area (TPSA) is 42.0 Å². The molecule has 7 heteroatoms. The van der Waals surface area contributed by atoms with Gasteiger partial charge in [0.2, 0.25) is 0 Å². The number of benzene rings is 2. The number of hydrogen-bond donors (Lipinski definition) is 0. The van der Waals surface area contributed by atoms with Crippen molar-refractivity contribution >= 4 is 38.9 Å². The molecule has 5 nitrogen and oxygen atoms in total. The third-order valence-corrected chi connectivity index (χ3v) is 6.96. The van der Waals surface area contributed by atoms with Crippen molar-refractivity contribution in [2.75, 3.05) is 40.4 Å². The molecule has 1 fully saturated rings. The van der Waals surface area contributed by atoms with Gasteiger partial charge in [-0.05, 0) is 24.3 Å². The summed E-state index contributed by atoms with van der Waals surface area (Å²) in [4.78, 5) is 18.3. The summed E-state index contributed by atoms with van der Waals surface area (Å²) in [5.41, 5.74) is 0.614. The number of amides is 1. The van der Waals surface area contributed by atoms with Crippen LogP contribution in [0.2, 0.25) is 5.02 Å². The van der Waals surface area contributed by atoms with Crippen LogP contribution in [0.25, 0.3) is 10.1 Å². The molecule has 0 N–H and O–H groups in total. The number of piperazine rings is 1. The van der Waals surface area contributed by atoms with Gasteiger partial charge in [-0.15, -0.1) is 11.3 Å². The molecule has 0 saturated carbocycles. The first-order chi connectivity index (χ1) is 14.1. The maximum absolute atomic E-state index is 12.9. The summed E-state index contributed by atoms with van der Waals surface area (Å²) in [7, 11) is 3.16. The van der Waals surface area contributed by atoms with Gasteiger partial charge in [-0.2, -0.15) is 0 Å². The summed E-state index contributed by atoms with van der Waals surface area (Å²) in [5.74, 6) is 1.20. The zero-order valence-corrected chi connectivity index (χ0v) is 18.1. The second-order valence-electron chi connectivity index (χ2n) is 6.97. The molecule has 1 aliphatic rings. The lowest BCUT2D eigenvalue weighted by Crippen LogP contribution is -2.48. The van der Waals surface area contributed by atoms with Crippen LogP contribution in [-0.2, 0) is 6.54 Å². The van der Waals surface area contributed by atoms with Crippen LogP contribution in [0.1, 0.15) is 15.2 Å². The zero-order chi connectivity index (χ0) is 20.4. The molecule has 1 amide bonds. The lowest BCUT2D eigenvalue weighted by molar-refractivity contribution is 0.0629. The van der Waals surface area contributed by atoms with E-state index < -0.39 is 0 Å². The summed E-state index contributed by atoms with van der Waals surface area (Å²) in [6.45, 7) is 3.84. The third kappa shape index (κ3) is 4.06. The lowest BCUT2D eigenvalue weighted by Gasteiger charge is -2.34. The van der Waals surface area contributed by atoms with Gasteiger partial charge >= 0.3 is 0 Å². The van der Waals surface area contributed by atoms with E-state index in [4.69, 9.17) is 21.1 Å². The van der Waals surface area contributed by atoms with Crippen molar-refractivity contribution in [3.63, 3.8) is 0 Å². The number of hydrogen-bond acceptors (Lipinski definition) is 5. The van der Waals surface area contributed by atoms with E-state index in [0.29, 0.717) is 30.2 Å². The molecule has 0 spiro atoms. The van der Waals surface area contributed by atoms with Gasteiger partial charge in [-0.3, -0.25) is 9.69 Å². The molecular weight excluding hydrogens is 408 g/mol. The second-order valence-corrected chi connectivity index (χ2v) is 8.49. The molecule has 3 aromatic rings. The summed E-state index contributed by atoms with van der Waals surface area (Å²) >= 11 is 8.34. The molecule has 1 aromatic heterocycles. The van der Waals surface area contributed by atoms with Crippen molar-refractivity contribution in [3.05, 3.63) is 57.9 Å². The Morgan fingerprint density at radius 3 is 2.45 bits per heavy atom. The molecule has 0 aliphatic carbocycles. The predicted molar refractivity (Wildman–Crippen MR) is 118 cm³/mol. The SMILES string of the molecule is COc1ccc(C(=O)N2CCN(Cc3sc4ccccc4c3Cl)CC2)cc1OC. The molecule has 0 bridgehead atoms. The minimum atomic E-state index is 0.0190. The first kappa shape index (κ1) is 20.0. The maximum atomic E-state index is 12.9. The molecular formula is C22H23ClN2O3S. The quantitative estimate of drug-likeness (QED) is 0.596. The van der Waals surface area contributed by atoms with Gasteiger partial charge in [0.15, 0.2) is 11.5 Å². The largest absolute Gasteiger partial charge is 0.493 e. The van der Waals surface area contributed by atoms with E-state index in [1.165, 1.54) is 9.58 Å². The summed E-state index contributed by atoms with van der Waals surface area (Å²) in [6, 6.07) is 13.5. The average molecular weight is 431 g/mol. The van der Waals surface area contributed by atoms with Crippen LogP contribution in [0.4, 0.5) is 0 Å². The van der Waals surface area contributed by atoms with Gasteiger partial charge in [0.25, 0.3) is 5.91 Å². The van der Waals surface area contributed by atoms with Gasteiger partial charge in [-0.1, -0.05) is 29.8 Å². The van der Waals surface area contributed by atoms with Gasteiger partial charge in [0.1, 0.15) is 0 Å².